The molecule has 1 atom stereocenters. The van der Waals surface area contributed by atoms with Gasteiger partial charge in [0.05, 0.1) is 6.42 Å². The summed E-state index contributed by atoms with van der Waals surface area (Å²) in [5.74, 6) is 0. The average molecular weight is 252 g/mol. The second kappa shape index (κ2) is 5.55. The Morgan fingerprint density at radius 2 is 1.81 bits per heavy atom. The number of nitrogens with one attached hydrogen (secondary N) is 1. The number of halogens is 4. The zero-order valence-electron chi connectivity index (χ0n) is 8.81. The van der Waals surface area contributed by atoms with E-state index >= 15 is 0 Å². The van der Waals surface area contributed by atoms with Gasteiger partial charge in [0.1, 0.15) is 0 Å². The SMILES string of the molecule is CC(NCCC(F)(F)F)c1ccc(Cl)cc1. The zero-order chi connectivity index (χ0) is 12.2. The van der Waals surface area contributed by atoms with Crippen LogP contribution >= 0.6 is 11.6 Å². The van der Waals surface area contributed by atoms with Gasteiger partial charge in [-0.3, -0.25) is 0 Å². The smallest absolute Gasteiger partial charge is 0.310 e. The molecule has 0 radical (unpaired) electrons. The summed E-state index contributed by atoms with van der Waals surface area (Å²) in [4.78, 5) is 0. The molecule has 1 rings (SSSR count). The van der Waals surface area contributed by atoms with E-state index in [1.807, 2.05) is 6.92 Å². The van der Waals surface area contributed by atoms with Gasteiger partial charge in [-0.1, -0.05) is 23.7 Å². The van der Waals surface area contributed by atoms with Gasteiger partial charge < -0.3 is 5.32 Å². The van der Waals surface area contributed by atoms with Crippen LogP contribution in [0.3, 0.4) is 0 Å². The van der Waals surface area contributed by atoms with Crippen LogP contribution in [-0.4, -0.2) is 12.7 Å². The van der Waals surface area contributed by atoms with Crippen molar-refractivity contribution in [3.63, 3.8) is 0 Å². The molecule has 5 heteroatoms. The fourth-order valence-electron chi connectivity index (χ4n) is 1.30. The van der Waals surface area contributed by atoms with Crippen LogP contribution in [-0.2, 0) is 0 Å². The largest absolute Gasteiger partial charge is 0.390 e. The third-order valence-electron chi connectivity index (χ3n) is 2.23. The van der Waals surface area contributed by atoms with Crippen LogP contribution in [0.2, 0.25) is 5.02 Å². The minimum Gasteiger partial charge on any atom is -0.310 e. The van der Waals surface area contributed by atoms with Crippen molar-refractivity contribution in [3.8, 4) is 0 Å². The molecule has 1 aromatic carbocycles. The first-order valence-corrected chi connectivity index (χ1v) is 5.32. The summed E-state index contributed by atoms with van der Waals surface area (Å²) in [7, 11) is 0. The summed E-state index contributed by atoms with van der Waals surface area (Å²) >= 11 is 5.71. The van der Waals surface area contributed by atoms with Crippen molar-refractivity contribution in [3.05, 3.63) is 34.9 Å². The second-order valence-corrected chi connectivity index (χ2v) is 4.03. The molecule has 0 saturated heterocycles. The first-order chi connectivity index (χ1) is 7.38. The Balaban J connectivity index is 2.41. The molecule has 1 N–H and O–H groups in total. The predicted octanol–water partition coefficient (Wildman–Crippen LogP) is 3.94. The molecule has 0 fully saturated rings. The van der Waals surface area contributed by atoms with Crippen LogP contribution < -0.4 is 5.32 Å². The van der Waals surface area contributed by atoms with Crippen LogP contribution in [0.15, 0.2) is 24.3 Å². The summed E-state index contributed by atoms with van der Waals surface area (Å²) in [5, 5.41) is 3.43. The standard InChI is InChI=1S/C11H13ClF3N/c1-8(16-7-6-11(13,14)15)9-2-4-10(12)5-3-9/h2-5,8,16H,6-7H2,1H3. The van der Waals surface area contributed by atoms with E-state index < -0.39 is 12.6 Å². The van der Waals surface area contributed by atoms with Crippen molar-refractivity contribution in [2.75, 3.05) is 6.54 Å². The predicted molar refractivity (Wildman–Crippen MR) is 58.5 cm³/mol. The highest BCUT2D eigenvalue weighted by atomic mass is 35.5. The Labute approximate surface area is 97.6 Å². The summed E-state index contributed by atoms with van der Waals surface area (Å²) in [6.07, 6.45) is -4.92. The van der Waals surface area contributed by atoms with Gasteiger partial charge in [0, 0.05) is 17.6 Å². The van der Waals surface area contributed by atoms with Gasteiger partial charge >= 0.3 is 6.18 Å². The number of alkyl halides is 3. The average Bonchev–Trinajstić information content (AvgIpc) is 2.16. The highest BCUT2D eigenvalue weighted by Gasteiger charge is 2.26. The van der Waals surface area contributed by atoms with Crippen molar-refractivity contribution >= 4 is 11.6 Å². The molecule has 0 aliphatic heterocycles. The van der Waals surface area contributed by atoms with Gasteiger partial charge in [0.25, 0.3) is 0 Å². The van der Waals surface area contributed by atoms with E-state index in [1.165, 1.54) is 0 Å². The Hall–Kier alpha value is -0.740. The van der Waals surface area contributed by atoms with Crippen LogP contribution in [0.1, 0.15) is 24.9 Å². The lowest BCUT2D eigenvalue weighted by Gasteiger charge is -2.15. The Morgan fingerprint density at radius 1 is 1.25 bits per heavy atom. The topological polar surface area (TPSA) is 12.0 Å². The van der Waals surface area contributed by atoms with Gasteiger partial charge in [0.2, 0.25) is 0 Å². The van der Waals surface area contributed by atoms with E-state index in [2.05, 4.69) is 5.32 Å². The van der Waals surface area contributed by atoms with Crippen molar-refractivity contribution in [1.29, 1.82) is 0 Å². The molecule has 16 heavy (non-hydrogen) atoms. The Kier molecular flexibility index (Phi) is 4.62. The maximum absolute atomic E-state index is 11.9. The van der Waals surface area contributed by atoms with Gasteiger partial charge in [-0.05, 0) is 24.6 Å². The number of hydrogen-bond acceptors (Lipinski definition) is 1. The lowest BCUT2D eigenvalue weighted by Crippen LogP contribution is -2.24. The highest BCUT2D eigenvalue weighted by molar-refractivity contribution is 6.30. The summed E-state index contributed by atoms with van der Waals surface area (Å²) in [6, 6.07) is 6.93. The summed E-state index contributed by atoms with van der Waals surface area (Å²) in [5.41, 5.74) is 0.923. The highest BCUT2D eigenvalue weighted by Crippen LogP contribution is 2.20. The molecule has 0 amide bonds. The lowest BCUT2D eigenvalue weighted by molar-refractivity contribution is -0.133. The molecule has 1 unspecified atom stereocenters. The van der Waals surface area contributed by atoms with E-state index in [0.29, 0.717) is 5.02 Å². The molecule has 90 valence electrons. The minimum absolute atomic E-state index is 0.0761. The normalized spacial score (nSPS) is 13.8. The molecule has 1 nitrogen and oxygen atoms in total. The summed E-state index contributed by atoms with van der Waals surface area (Å²) in [6.45, 7) is 1.74. The Bertz CT molecular complexity index is 321. The number of hydrogen-bond donors (Lipinski definition) is 1. The molecule has 0 saturated carbocycles. The fraction of sp³-hybridized carbons (Fsp3) is 0.455. The monoisotopic (exact) mass is 251 g/mol. The van der Waals surface area contributed by atoms with Crippen LogP contribution in [0.4, 0.5) is 13.2 Å². The molecular weight excluding hydrogens is 239 g/mol. The molecule has 0 heterocycles. The number of benzene rings is 1. The first kappa shape index (κ1) is 13.3. The molecule has 0 spiro atoms. The Morgan fingerprint density at radius 3 is 2.31 bits per heavy atom. The molecule has 0 aromatic heterocycles. The molecular formula is C11H13ClF3N. The maximum atomic E-state index is 11.9. The lowest BCUT2D eigenvalue weighted by atomic mass is 10.1. The third kappa shape index (κ3) is 4.86. The quantitative estimate of drug-likeness (QED) is 0.855. The molecule has 0 aliphatic carbocycles. The minimum atomic E-state index is -4.10. The molecule has 1 aromatic rings. The maximum Gasteiger partial charge on any atom is 0.390 e. The van der Waals surface area contributed by atoms with Crippen molar-refractivity contribution < 1.29 is 13.2 Å². The third-order valence-corrected chi connectivity index (χ3v) is 2.48. The zero-order valence-corrected chi connectivity index (χ0v) is 9.57. The van der Waals surface area contributed by atoms with Crippen LogP contribution in [0.5, 0.6) is 0 Å². The fourth-order valence-corrected chi connectivity index (χ4v) is 1.43. The van der Waals surface area contributed by atoms with E-state index in [1.54, 1.807) is 24.3 Å². The van der Waals surface area contributed by atoms with E-state index in [9.17, 15) is 13.2 Å². The van der Waals surface area contributed by atoms with E-state index in [0.717, 1.165) is 5.56 Å². The van der Waals surface area contributed by atoms with Gasteiger partial charge in [-0.2, -0.15) is 13.2 Å². The molecule has 0 bridgehead atoms. The van der Waals surface area contributed by atoms with Gasteiger partial charge in [-0.15, -0.1) is 0 Å². The molecule has 0 aliphatic rings. The van der Waals surface area contributed by atoms with Crippen molar-refractivity contribution in [2.24, 2.45) is 0 Å². The van der Waals surface area contributed by atoms with Gasteiger partial charge in [0.15, 0.2) is 0 Å². The summed E-state index contributed by atoms with van der Waals surface area (Å²) < 4.78 is 35.7. The van der Waals surface area contributed by atoms with Crippen molar-refractivity contribution in [2.45, 2.75) is 25.6 Å². The van der Waals surface area contributed by atoms with Crippen LogP contribution in [0.25, 0.3) is 0 Å². The van der Waals surface area contributed by atoms with E-state index in [-0.39, 0.29) is 12.6 Å². The van der Waals surface area contributed by atoms with Gasteiger partial charge in [-0.25, -0.2) is 0 Å². The second-order valence-electron chi connectivity index (χ2n) is 3.59. The van der Waals surface area contributed by atoms with Crippen LogP contribution in [0, 0.1) is 0 Å². The first-order valence-electron chi connectivity index (χ1n) is 4.94. The van der Waals surface area contributed by atoms with Crippen molar-refractivity contribution in [1.82, 2.24) is 5.32 Å². The number of rotatable bonds is 4. The van der Waals surface area contributed by atoms with E-state index in [4.69, 9.17) is 11.6 Å².